The minimum Gasteiger partial charge on any atom is -0.368 e. The third kappa shape index (κ3) is 2.75. The molecule has 0 saturated heterocycles. The van der Waals surface area contributed by atoms with E-state index in [0.29, 0.717) is 12.2 Å². The van der Waals surface area contributed by atoms with Crippen molar-refractivity contribution < 1.29 is 4.79 Å². The monoisotopic (exact) mass is 260 g/mol. The molecule has 2 heterocycles. The summed E-state index contributed by atoms with van der Waals surface area (Å²) in [5, 5.41) is 0. The van der Waals surface area contributed by atoms with Crippen LogP contribution in [0.1, 0.15) is 49.3 Å². The van der Waals surface area contributed by atoms with Gasteiger partial charge in [0.05, 0.1) is 6.04 Å². The van der Waals surface area contributed by atoms with E-state index in [4.69, 9.17) is 5.73 Å². The summed E-state index contributed by atoms with van der Waals surface area (Å²) in [5.74, 6) is 0.304. The fraction of sp³-hybridized carbons (Fsp3) is 0.500. The molecule has 2 N–H and O–H groups in total. The molecule has 2 rings (SSSR count). The van der Waals surface area contributed by atoms with Gasteiger partial charge < -0.3 is 10.6 Å². The Morgan fingerprint density at radius 3 is 2.89 bits per heavy atom. The predicted molar refractivity (Wildman–Crippen MR) is 74.8 cm³/mol. The molecule has 1 aromatic heterocycles. The highest BCUT2D eigenvalue weighted by molar-refractivity contribution is 5.93. The van der Waals surface area contributed by atoms with Crippen LogP contribution >= 0.6 is 0 Å². The number of hydrogen-bond acceptors (Lipinski definition) is 4. The number of rotatable bonds is 3. The van der Waals surface area contributed by atoms with Crippen molar-refractivity contribution in [1.82, 2.24) is 14.9 Å². The van der Waals surface area contributed by atoms with Crippen molar-refractivity contribution in [2.75, 3.05) is 12.3 Å². The van der Waals surface area contributed by atoms with Crippen molar-refractivity contribution in [1.29, 1.82) is 0 Å². The van der Waals surface area contributed by atoms with Crippen molar-refractivity contribution in [3.8, 4) is 0 Å². The summed E-state index contributed by atoms with van der Waals surface area (Å²) in [4.78, 5) is 22.5. The predicted octanol–water partition coefficient (Wildman–Crippen LogP) is 1.97. The van der Waals surface area contributed by atoms with E-state index in [1.165, 1.54) is 0 Å². The first-order valence-corrected chi connectivity index (χ1v) is 6.65. The number of carbonyl (C=O) groups excluding carboxylic acids is 1. The molecule has 1 aromatic rings. The molecule has 0 radical (unpaired) electrons. The number of anilines is 1. The summed E-state index contributed by atoms with van der Waals surface area (Å²) >= 11 is 0. The van der Waals surface area contributed by atoms with Gasteiger partial charge in [-0.25, -0.2) is 9.97 Å². The number of nitrogens with two attached hydrogens (primary N) is 1. The van der Waals surface area contributed by atoms with Crippen LogP contribution in [0.2, 0.25) is 0 Å². The average Bonchev–Trinajstić information content (AvgIpc) is 2.85. The van der Waals surface area contributed by atoms with E-state index in [1.807, 2.05) is 24.8 Å². The molecule has 1 unspecified atom stereocenters. The van der Waals surface area contributed by atoms with Gasteiger partial charge in [0.15, 0.2) is 0 Å². The molecule has 0 saturated carbocycles. The smallest absolute Gasteiger partial charge is 0.273 e. The maximum atomic E-state index is 12.5. The van der Waals surface area contributed by atoms with Crippen LogP contribution in [0.25, 0.3) is 0 Å². The van der Waals surface area contributed by atoms with E-state index in [2.05, 4.69) is 23.0 Å². The quantitative estimate of drug-likeness (QED) is 0.843. The van der Waals surface area contributed by atoms with Crippen molar-refractivity contribution >= 4 is 11.9 Å². The normalized spacial score (nSPS) is 18.3. The number of hydrogen-bond donors (Lipinski definition) is 1. The first-order valence-electron chi connectivity index (χ1n) is 6.65. The van der Waals surface area contributed by atoms with E-state index in [-0.39, 0.29) is 23.8 Å². The third-order valence-electron chi connectivity index (χ3n) is 3.31. The van der Waals surface area contributed by atoms with Gasteiger partial charge in [-0.1, -0.05) is 32.9 Å². The highest BCUT2D eigenvalue weighted by atomic mass is 16.2. The molecule has 1 amide bonds. The lowest BCUT2D eigenvalue weighted by molar-refractivity contribution is 0.0741. The van der Waals surface area contributed by atoms with Gasteiger partial charge in [-0.2, -0.15) is 0 Å². The largest absolute Gasteiger partial charge is 0.368 e. The Labute approximate surface area is 113 Å². The molecule has 0 aliphatic carbocycles. The fourth-order valence-corrected chi connectivity index (χ4v) is 2.20. The summed E-state index contributed by atoms with van der Waals surface area (Å²) in [6.07, 6.45) is 4.98. The second kappa shape index (κ2) is 5.38. The summed E-state index contributed by atoms with van der Waals surface area (Å²) in [6, 6.07) is 1.90. The van der Waals surface area contributed by atoms with E-state index < -0.39 is 0 Å². The van der Waals surface area contributed by atoms with Crippen LogP contribution in [0.4, 0.5) is 5.95 Å². The van der Waals surface area contributed by atoms with Crippen LogP contribution in [0, 0.1) is 0 Å². The zero-order chi connectivity index (χ0) is 14.0. The van der Waals surface area contributed by atoms with E-state index in [0.717, 1.165) is 12.1 Å². The second-order valence-corrected chi connectivity index (χ2v) is 5.05. The van der Waals surface area contributed by atoms with Crippen molar-refractivity contribution in [2.24, 2.45) is 0 Å². The molecular formula is C14H20N4O. The van der Waals surface area contributed by atoms with E-state index >= 15 is 0 Å². The summed E-state index contributed by atoms with van der Waals surface area (Å²) in [5.41, 5.74) is 6.88. The number of carbonyl (C=O) groups is 1. The number of aromatic nitrogens is 2. The molecule has 5 heteroatoms. The van der Waals surface area contributed by atoms with Gasteiger partial charge >= 0.3 is 0 Å². The summed E-state index contributed by atoms with van der Waals surface area (Å²) in [7, 11) is 0. The SMILES string of the molecule is CCC1C=CCN1C(=O)c1cc(C(C)C)nc(N)n1. The second-order valence-electron chi connectivity index (χ2n) is 5.05. The molecular weight excluding hydrogens is 240 g/mol. The lowest BCUT2D eigenvalue weighted by Gasteiger charge is -2.23. The summed E-state index contributed by atoms with van der Waals surface area (Å²) < 4.78 is 0. The Hall–Kier alpha value is -1.91. The Bertz CT molecular complexity index is 510. The Kier molecular flexibility index (Phi) is 3.83. The molecule has 102 valence electrons. The van der Waals surface area contributed by atoms with Gasteiger partial charge in [-0.05, 0) is 18.4 Å². The van der Waals surface area contributed by atoms with Gasteiger partial charge in [0, 0.05) is 12.2 Å². The Balaban J connectivity index is 2.29. The minimum atomic E-state index is -0.0761. The summed E-state index contributed by atoms with van der Waals surface area (Å²) in [6.45, 7) is 6.73. The van der Waals surface area contributed by atoms with Crippen molar-refractivity contribution in [3.63, 3.8) is 0 Å². The van der Waals surface area contributed by atoms with Crippen LogP contribution in [-0.4, -0.2) is 33.4 Å². The minimum absolute atomic E-state index is 0.0761. The topological polar surface area (TPSA) is 72.1 Å². The number of nitrogen functional groups attached to an aromatic ring is 1. The maximum absolute atomic E-state index is 12.5. The molecule has 1 atom stereocenters. The highest BCUT2D eigenvalue weighted by Gasteiger charge is 2.26. The highest BCUT2D eigenvalue weighted by Crippen LogP contribution is 2.19. The molecule has 19 heavy (non-hydrogen) atoms. The zero-order valence-corrected chi connectivity index (χ0v) is 11.6. The van der Waals surface area contributed by atoms with E-state index in [9.17, 15) is 4.79 Å². The van der Waals surface area contributed by atoms with Gasteiger partial charge in [0.25, 0.3) is 5.91 Å². The average molecular weight is 260 g/mol. The molecule has 0 bridgehead atoms. The number of amides is 1. The van der Waals surface area contributed by atoms with Gasteiger partial charge in [0.1, 0.15) is 5.69 Å². The first-order chi connectivity index (χ1) is 9.02. The molecule has 5 nitrogen and oxygen atoms in total. The molecule has 1 aliphatic rings. The lowest BCUT2D eigenvalue weighted by atomic mass is 10.1. The first kappa shape index (κ1) is 13.5. The van der Waals surface area contributed by atoms with E-state index in [1.54, 1.807) is 6.07 Å². The molecule has 0 fully saturated rings. The molecule has 0 spiro atoms. The van der Waals surface area contributed by atoms with Crippen LogP contribution in [-0.2, 0) is 0 Å². The lowest BCUT2D eigenvalue weighted by Crippen LogP contribution is -2.36. The molecule has 1 aliphatic heterocycles. The zero-order valence-electron chi connectivity index (χ0n) is 11.6. The van der Waals surface area contributed by atoms with Crippen LogP contribution in [0.5, 0.6) is 0 Å². The van der Waals surface area contributed by atoms with Crippen molar-refractivity contribution in [2.45, 2.75) is 39.2 Å². The number of nitrogens with zero attached hydrogens (tertiary/aromatic N) is 3. The standard InChI is InChI=1S/C14H20N4O/c1-4-10-6-5-7-18(10)13(19)12-8-11(9(2)3)16-14(15)17-12/h5-6,8-10H,4,7H2,1-3H3,(H2,15,16,17). The van der Waals surface area contributed by atoms with Crippen molar-refractivity contribution in [3.05, 3.63) is 29.6 Å². The van der Waals surface area contributed by atoms with Crippen LogP contribution in [0.15, 0.2) is 18.2 Å². The Morgan fingerprint density at radius 1 is 1.53 bits per heavy atom. The van der Waals surface area contributed by atoms with Gasteiger partial charge in [-0.3, -0.25) is 4.79 Å². The van der Waals surface area contributed by atoms with Gasteiger partial charge in [-0.15, -0.1) is 0 Å². The fourth-order valence-electron chi connectivity index (χ4n) is 2.20. The molecule has 0 aromatic carbocycles. The van der Waals surface area contributed by atoms with Gasteiger partial charge in [0.2, 0.25) is 5.95 Å². The Morgan fingerprint density at radius 2 is 2.26 bits per heavy atom. The van der Waals surface area contributed by atoms with Crippen LogP contribution < -0.4 is 5.73 Å². The van der Waals surface area contributed by atoms with Crippen LogP contribution in [0.3, 0.4) is 0 Å². The maximum Gasteiger partial charge on any atom is 0.273 e. The third-order valence-corrected chi connectivity index (χ3v) is 3.31.